The van der Waals surface area contributed by atoms with Gasteiger partial charge >= 0.3 is 0 Å². The Morgan fingerprint density at radius 1 is 1.25 bits per heavy atom. The highest BCUT2D eigenvalue weighted by Crippen LogP contribution is 2.18. The fraction of sp³-hybridized carbons (Fsp3) is 0. The van der Waals surface area contributed by atoms with Gasteiger partial charge in [-0.2, -0.15) is 5.26 Å². The average molecular weight is 275 g/mol. The Morgan fingerprint density at radius 3 is 2.75 bits per heavy atom. The molecule has 0 aliphatic carbocycles. The molecule has 1 aromatic heterocycles. The van der Waals surface area contributed by atoms with Crippen molar-refractivity contribution in [2.24, 2.45) is 0 Å². The molecule has 4 nitrogen and oxygen atoms in total. The van der Waals surface area contributed by atoms with Crippen LogP contribution < -0.4 is 5.32 Å². The molecule has 5 heteroatoms. The maximum Gasteiger partial charge on any atom is 0.158 e. The lowest BCUT2D eigenvalue weighted by atomic mass is 10.3. The Labute approximate surface area is 101 Å². The summed E-state index contributed by atoms with van der Waals surface area (Å²) in [6.45, 7) is 0. The molecule has 1 heterocycles. The zero-order chi connectivity index (χ0) is 11.4. The van der Waals surface area contributed by atoms with E-state index in [0.29, 0.717) is 11.5 Å². The van der Waals surface area contributed by atoms with Crippen molar-refractivity contribution in [3.05, 3.63) is 46.8 Å². The summed E-state index contributed by atoms with van der Waals surface area (Å²) in [7, 11) is 0. The van der Waals surface area contributed by atoms with Crippen molar-refractivity contribution in [3.8, 4) is 6.07 Å². The van der Waals surface area contributed by atoms with Crippen LogP contribution in [0.2, 0.25) is 0 Å². The van der Waals surface area contributed by atoms with E-state index in [1.165, 1.54) is 12.4 Å². The molecule has 1 aromatic carbocycles. The summed E-state index contributed by atoms with van der Waals surface area (Å²) in [5.41, 5.74) is 1.22. The summed E-state index contributed by atoms with van der Waals surface area (Å²) < 4.78 is 0.985. The highest BCUT2D eigenvalue weighted by Gasteiger charge is 1.98. The van der Waals surface area contributed by atoms with E-state index in [4.69, 9.17) is 5.26 Å². The maximum absolute atomic E-state index is 8.58. The lowest BCUT2D eigenvalue weighted by molar-refractivity contribution is 1.16. The first-order valence-electron chi connectivity index (χ1n) is 4.52. The van der Waals surface area contributed by atoms with Crippen LogP contribution in [-0.4, -0.2) is 9.97 Å². The van der Waals surface area contributed by atoms with E-state index in [9.17, 15) is 0 Å². The minimum Gasteiger partial charge on any atom is -0.339 e. The van der Waals surface area contributed by atoms with Gasteiger partial charge in [-0.25, -0.2) is 9.97 Å². The predicted molar refractivity (Wildman–Crippen MR) is 64.2 cm³/mol. The quantitative estimate of drug-likeness (QED) is 0.915. The molecule has 0 atom stereocenters. The second-order valence-electron chi connectivity index (χ2n) is 3.03. The smallest absolute Gasteiger partial charge is 0.158 e. The van der Waals surface area contributed by atoms with E-state index < -0.39 is 0 Å². The highest BCUT2D eigenvalue weighted by molar-refractivity contribution is 9.10. The number of halogens is 1. The third-order valence-electron chi connectivity index (χ3n) is 1.86. The third-order valence-corrected chi connectivity index (χ3v) is 2.36. The molecule has 1 N–H and O–H groups in total. The van der Waals surface area contributed by atoms with E-state index >= 15 is 0 Å². The Bertz CT molecular complexity index is 530. The predicted octanol–water partition coefficient (Wildman–Crippen LogP) is 2.85. The molecule has 0 amide bonds. The van der Waals surface area contributed by atoms with E-state index in [1.807, 2.05) is 30.3 Å². The van der Waals surface area contributed by atoms with Crippen molar-refractivity contribution in [3.63, 3.8) is 0 Å². The van der Waals surface area contributed by atoms with Crippen LogP contribution in [0.25, 0.3) is 0 Å². The number of anilines is 2. The van der Waals surface area contributed by atoms with Gasteiger partial charge in [-0.1, -0.05) is 22.0 Å². The van der Waals surface area contributed by atoms with Crippen molar-refractivity contribution in [1.29, 1.82) is 5.26 Å². The van der Waals surface area contributed by atoms with Gasteiger partial charge in [-0.05, 0) is 18.2 Å². The number of hydrogen-bond donors (Lipinski definition) is 1. The largest absolute Gasteiger partial charge is 0.339 e. The van der Waals surface area contributed by atoms with Crippen LogP contribution in [0.4, 0.5) is 11.5 Å². The Balaban J connectivity index is 2.18. The van der Waals surface area contributed by atoms with Crippen LogP contribution in [0.15, 0.2) is 41.1 Å². The van der Waals surface area contributed by atoms with E-state index in [0.717, 1.165) is 10.2 Å². The summed E-state index contributed by atoms with van der Waals surface area (Å²) in [5, 5.41) is 11.7. The van der Waals surface area contributed by atoms with Crippen LogP contribution in [0.5, 0.6) is 0 Å². The SMILES string of the molecule is N#Cc1cnc(Nc2cccc(Br)c2)cn1. The summed E-state index contributed by atoms with van der Waals surface area (Å²) in [5.74, 6) is 0.608. The first-order valence-corrected chi connectivity index (χ1v) is 5.32. The summed E-state index contributed by atoms with van der Waals surface area (Å²) in [6.07, 6.45) is 2.96. The first kappa shape index (κ1) is 10.6. The molecule has 2 rings (SSSR count). The van der Waals surface area contributed by atoms with Gasteiger partial charge in [0.2, 0.25) is 0 Å². The van der Waals surface area contributed by atoms with E-state index in [-0.39, 0.29) is 0 Å². The lowest BCUT2D eigenvalue weighted by Gasteiger charge is -2.04. The molecule has 0 aliphatic heterocycles. The minimum atomic E-state index is 0.305. The topological polar surface area (TPSA) is 61.6 Å². The average Bonchev–Trinajstić information content (AvgIpc) is 2.30. The highest BCUT2D eigenvalue weighted by atomic mass is 79.9. The molecule has 0 fully saturated rings. The second-order valence-corrected chi connectivity index (χ2v) is 3.95. The minimum absolute atomic E-state index is 0.305. The van der Waals surface area contributed by atoms with Crippen LogP contribution >= 0.6 is 15.9 Å². The Kier molecular flexibility index (Phi) is 3.13. The van der Waals surface area contributed by atoms with Crippen LogP contribution in [-0.2, 0) is 0 Å². The van der Waals surface area contributed by atoms with Crippen molar-refractivity contribution in [2.75, 3.05) is 5.32 Å². The molecule has 0 bridgehead atoms. The number of rotatable bonds is 2. The van der Waals surface area contributed by atoms with Crippen molar-refractivity contribution in [1.82, 2.24) is 9.97 Å². The van der Waals surface area contributed by atoms with E-state index in [1.54, 1.807) is 0 Å². The summed E-state index contributed by atoms with van der Waals surface area (Å²) >= 11 is 3.38. The Morgan fingerprint density at radius 2 is 2.12 bits per heavy atom. The maximum atomic E-state index is 8.58. The normalized spacial score (nSPS) is 9.50. The van der Waals surface area contributed by atoms with Gasteiger partial charge in [0.05, 0.1) is 12.4 Å². The molecule has 0 radical (unpaired) electrons. The standard InChI is InChI=1S/C11H7BrN4/c12-8-2-1-3-9(4-8)16-11-7-14-10(5-13)6-15-11/h1-4,6-7H,(H,15,16). The zero-order valence-electron chi connectivity index (χ0n) is 8.18. The zero-order valence-corrected chi connectivity index (χ0v) is 9.77. The lowest BCUT2D eigenvalue weighted by Crippen LogP contribution is -1.95. The molecule has 0 spiro atoms. The van der Waals surface area contributed by atoms with Crippen molar-refractivity contribution in [2.45, 2.75) is 0 Å². The van der Waals surface area contributed by atoms with Gasteiger partial charge < -0.3 is 5.32 Å². The van der Waals surface area contributed by atoms with Gasteiger partial charge in [0.15, 0.2) is 5.69 Å². The second kappa shape index (κ2) is 4.73. The van der Waals surface area contributed by atoms with Gasteiger partial charge in [0.1, 0.15) is 11.9 Å². The fourth-order valence-corrected chi connectivity index (χ4v) is 1.56. The summed E-state index contributed by atoms with van der Waals surface area (Å²) in [6, 6.07) is 9.63. The molecular formula is C11H7BrN4. The van der Waals surface area contributed by atoms with Gasteiger partial charge in [-0.15, -0.1) is 0 Å². The molecular weight excluding hydrogens is 268 g/mol. The molecule has 16 heavy (non-hydrogen) atoms. The van der Waals surface area contributed by atoms with Crippen molar-refractivity contribution >= 4 is 27.4 Å². The van der Waals surface area contributed by atoms with Gasteiger partial charge in [0, 0.05) is 10.2 Å². The van der Waals surface area contributed by atoms with Crippen LogP contribution in [0, 0.1) is 11.3 Å². The third kappa shape index (κ3) is 2.55. The number of nitriles is 1. The van der Waals surface area contributed by atoms with Crippen LogP contribution in [0.1, 0.15) is 5.69 Å². The molecule has 0 saturated carbocycles. The van der Waals surface area contributed by atoms with Crippen molar-refractivity contribution < 1.29 is 0 Å². The molecule has 0 aliphatic rings. The van der Waals surface area contributed by atoms with Gasteiger partial charge in [0.25, 0.3) is 0 Å². The number of benzene rings is 1. The number of hydrogen-bond acceptors (Lipinski definition) is 4. The van der Waals surface area contributed by atoms with E-state index in [2.05, 4.69) is 31.2 Å². The number of aromatic nitrogens is 2. The fourth-order valence-electron chi connectivity index (χ4n) is 1.16. The monoisotopic (exact) mass is 274 g/mol. The van der Waals surface area contributed by atoms with Gasteiger partial charge in [-0.3, -0.25) is 0 Å². The number of nitrogens with zero attached hydrogens (tertiary/aromatic N) is 3. The Hall–Kier alpha value is -1.93. The first-order chi connectivity index (χ1) is 7.78. The van der Waals surface area contributed by atoms with Crippen LogP contribution in [0.3, 0.4) is 0 Å². The molecule has 0 saturated heterocycles. The summed E-state index contributed by atoms with van der Waals surface area (Å²) in [4.78, 5) is 7.98. The molecule has 78 valence electrons. The molecule has 2 aromatic rings. The number of nitrogens with one attached hydrogen (secondary N) is 1. The molecule has 0 unspecified atom stereocenters.